The molecule has 4 nitrogen and oxygen atoms in total. The fourth-order valence-electron chi connectivity index (χ4n) is 2.74. The van der Waals surface area contributed by atoms with E-state index in [1.807, 2.05) is 30.4 Å². The Morgan fingerprint density at radius 3 is 3.00 bits per heavy atom. The van der Waals surface area contributed by atoms with Crippen molar-refractivity contribution in [3.63, 3.8) is 0 Å². The number of carbonyl (C=O) groups is 1. The largest absolute Gasteiger partial charge is 0.454 e. The molecule has 2 aliphatic rings. The molecule has 0 amide bonds. The van der Waals surface area contributed by atoms with Crippen LogP contribution in [0.1, 0.15) is 24.3 Å². The summed E-state index contributed by atoms with van der Waals surface area (Å²) in [6.45, 7) is 0.827. The van der Waals surface area contributed by atoms with Crippen molar-refractivity contribution in [1.82, 2.24) is 0 Å². The second kappa shape index (κ2) is 6.14. The van der Waals surface area contributed by atoms with Gasteiger partial charge in [-0.1, -0.05) is 18.2 Å². The van der Waals surface area contributed by atoms with Crippen molar-refractivity contribution in [2.45, 2.75) is 18.8 Å². The third-order valence-electron chi connectivity index (χ3n) is 3.74. The number of benzene rings is 1. The van der Waals surface area contributed by atoms with E-state index >= 15 is 0 Å². The first kappa shape index (κ1) is 13.9. The van der Waals surface area contributed by atoms with Gasteiger partial charge in [-0.3, -0.25) is 4.79 Å². The fraction of sp³-hybridized carbons (Fsp3) is 0.353. The number of allylic oxidation sites excluding steroid dienone is 3. The molecular formula is C17H18O4. The Morgan fingerprint density at radius 2 is 2.14 bits per heavy atom. The SMILES string of the molecule is COCC=CC1=CC(=O)CC(c2ccc3c(c2)OCO3)C1. The maximum Gasteiger partial charge on any atom is 0.231 e. The van der Waals surface area contributed by atoms with Crippen LogP contribution in [0.2, 0.25) is 0 Å². The highest BCUT2D eigenvalue weighted by Gasteiger charge is 2.23. The van der Waals surface area contributed by atoms with Crippen molar-refractivity contribution in [2.24, 2.45) is 0 Å². The van der Waals surface area contributed by atoms with Gasteiger partial charge in [0.05, 0.1) is 6.61 Å². The molecule has 1 atom stereocenters. The molecule has 0 saturated heterocycles. The number of hydrogen-bond donors (Lipinski definition) is 0. The molecule has 1 heterocycles. The monoisotopic (exact) mass is 286 g/mol. The van der Waals surface area contributed by atoms with Gasteiger partial charge in [0.1, 0.15) is 0 Å². The Bertz CT molecular complexity index is 601. The summed E-state index contributed by atoms with van der Waals surface area (Å²) < 4.78 is 15.7. The predicted molar refractivity (Wildman–Crippen MR) is 78.6 cm³/mol. The van der Waals surface area contributed by atoms with E-state index in [1.165, 1.54) is 0 Å². The minimum absolute atomic E-state index is 0.168. The van der Waals surface area contributed by atoms with Gasteiger partial charge >= 0.3 is 0 Å². The Balaban J connectivity index is 1.77. The summed E-state index contributed by atoms with van der Waals surface area (Å²) in [4.78, 5) is 11.9. The van der Waals surface area contributed by atoms with Crippen LogP contribution in [0.3, 0.4) is 0 Å². The Kier molecular flexibility index (Phi) is 4.06. The second-order valence-electron chi connectivity index (χ2n) is 5.26. The molecule has 0 spiro atoms. The van der Waals surface area contributed by atoms with Crippen LogP contribution in [0, 0.1) is 0 Å². The third kappa shape index (κ3) is 3.16. The summed E-state index contributed by atoms with van der Waals surface area (Å²) in [7, 11) is 1.65. The molecule has 0 N–H and O–H groups in total. The average Bonchev–Trinajstić information content (AvgIpc) is 2.94. The lowest BCUT2D eigenvalue weighted by Gasteiger charge is -2.21. The van der Waals surface area contributed by atoms with E-state index in [9.17, 15) is 4.79 Å². The van der Waals surface area contributed by atoms with Crippen LogP contribution in [-0.4, -0.2) is 26.3 Å². The molecule has 110 valence electrons. The number of rotatable bonds is 4. The van der Waals surface area contributed by atoms with Crippen molar-refractivity contribution in [1.29, 1.82) is 0 Å². The molecule has 0 fully saturated rings. The van der Waals surface area contributed by atoms with E-state index in [1.54, 1.807) is 13.2 Å². The van der Waals surface area contributed by atoms with Crippen molar-refractivity contribution in [3.05, 3.63) is 47.6 Å². The van der Waals surface area contributed by atoms with Gasteiger partial charge in [0, 0.05) is 13.5 Å². The number of ether oxygens (including phenoxy) is 3. The van der Waals surface area contributed by atoms with Gasteiger partial charge in [0.25, 0.3) is 0 Å². The zero-order valence-electron chi connectivity index (χ0n) is 12.0. The summed E-state index contributed by atoms with van der Waals surface area (Å²) in [5.74, 6) is 1.91. The molecule has 1 aromatic carbocycles. The van der Waals surface area contributed by atoms with E-state index in [0.717, 1.165) is 29.1 Å². The van der Waals surface area contributed by atoms with Crippen molar-refractivity contribution in [2.75, 3.05) is 20.5 Å². The molecular weight excluding hydrogens is 268 g/mol. The third-order valence-corrected chi connectivity index (χ3v) is 3.74. The number of carbonyl (C=O) groups excluding carboxylic acids is 1. The van der Waals surface area contributed by atoms with Crippen LogP contribution < -0.4 is 9.47 Å². The molecule has 1 unspecified atom stereocenters. The highest BCUT2D eigenvalue weighted by Crippen LogP contribution is 2.38. The fourth-order valence-corrected chi connectivity index (χ4v) is 2.74. The first-order chi connectivity index (χ1) is 10.3. The maximum atomic E-state index is 11.9. The molecule has 0 saturated carbocycles. The van der Waals surface area contributed by atoms with Gasteiger partial charge in [0.15, 0.2) is 17.3 Å². The maximum absolute atomic E-state index is 11.9. The molecule has 0 aromatic heterocycles. The molecule has 1 aliphatic heterocycles. The predicted octanol–water partition coefficient (Wildman–Crippen LogP) is 2.99. The van der Waals surface area contributed by atoms with Crippen LogP contribution in [0.5, 0.6) is 11.5 Å². The average molecular weight is 286 g/mol. The van der Waals surface area contributed by atoms with Gasteiger partial charge in [0.2, 0.25) is 6.79 Å². The van der Waals surface area contributed by atoms with Crippen molar-refractivity contribution in [3.8, 4) is 11.5 Å². The molecule has 3 rings (SSSR count). The van der Waals surface area contributed by atoms with E-state index in [4.69, 9.17) is 14.2 Å². The number of methoxy groups -OCH3 is 1. The summed E-state index contributed by atoms with van der Waals surface area (Å²) in [6.07, 6.45) is 7.03. The Hall–Kier alpha value is -2.07. The minimum atomic E-state index is 0.168. The van der Waals surface area contributed by atoms with Crippen LogP contribution in [0.15, 0.2) is 42.0 Å². The van der Waals surface area contributed by atoms with Crippen LogP contribution in [-0.2, 0) is 9.53 Å². The van der Waals surface area contributed by atoms with Crippen molar-refractivity contribution >= 4 is 5.78 Å². The first-order valence-electron chi connectivity index (χ1n) is 7.04. The molecule has 1 aromatic rings. The van der Waals surface area contributed by atoms with E-state index in [2.05, 4.69) is 0 Å². The molecule has 0 bridgehead atoms. The first-order valence-corrected chi connectivity index (χ1v) is 7.04. The molecule has 0 radical (unpaired) electrons. The standard InChI is InChI=1S/C17H18O4/c1-19-6-2-3-12-7-14(9-15(18)8-12)13-4-5-16-17(10-13)21-11-20-16/h2-5,8,10,14H,6-7,9,11H2,1H3. The Labute approximate surface area is 124 Å². The van der Waals surface area contributed by atoms with Gasteiger partial charge < -0.3 is 14.2 Å². The normalized spacial score (nSPS) is 20.9. The molecule has 4 heteroatoms. The summed E-state index contributed by atoms with van der Waals surface area (Å²) in [5, 5.41) is 0. The second-order valence-corrected chi connectivity index (χ2v) is 5.26. The number of ketones is 1. The molecule has 1 aliphatic carbocycles. The van der Waals surface area contributed by atoms with Gasteiger partial charge in [-0.15, -0.1) is 0 Å². The van der Waals surface area contributed by atoms with Crippen LogP contribution >= 0.6 is 0 Å². The highest BCUT2D eigenvalue weighted by molar-refractivity contribution is 5.92. The van der Waals surface area contributed by atoms with E-state index in [0.29, 0.717) is 13.0 Å². The topological polar surface area (TPSA) is 44.8 Å². The summed E-state index contributed by atoms with van der Waals surface area (Å²) in [6, 6.07) is 5.93. The van der Waals surface area contributed by atoms with Gasteiger partial charge in [-0.25, -0.2) is 0 Å². The minimum Gasteiger partial charge on any atom is -0.454 e. The summed E-state index contributed by atoms with van der Waals surface area (Å²) in [5.41, 5.74) is 2.17. The van der Waals surface area contributed by atoms with Crippen LogP contribution in [0.4, 0.5) is 0 Å². The van der Waals surface area contributed by atoms with E-state index < -0.39 is 0 Å². The zero-order chi connectivity index (χ0) is 14.7. The Morgan fingerprint density at radius 1 is 1.29 bits per heavy atom. The van der Waals surface area contributed by atoms with Crippen LogP contribution in [0.25, 0.3) is 0 Å². The quantitative estimate of drug-likeness (QED) is 0.853. The van der Waals surface area contributed by atoms with Crippen molar-refractivity contribution < 1.29 is 19.0 Å². The lowest BCUT2D eigenvalue weighted by atomic mass is 9.83. The number of hydrogen-bond acceptors (Lipinski definition) is 4. The summed E-state index contributed by atoms with van der Waals surface area (Å²) >= 11 is 0. The van der Waals surface area contributed by atoms with E-state index in [-0.39, 0.29) is 18.5 Å². The highest BCUT2D eigenvalue weighted by atomic mass is 16.7. The number of fused-ring (bicyclic) bond motifs is 1. The molecule has 21 heavy (non-hydrogen) atoms. The smallest absolute Gasteiger partial charge is 0.231 e. The van der Waals surface area contributed by atoms with Gasteiger partial charge in [-0.05, 0) is 41.7 Å². The van der Waals surface area contributed by atoms with Gasteiger partial charge in [-0.2, -0.15) is 0 Å². The lowest BCUT2D eigenvalue weighted by molar-refractivity contribution is -0.115. The zero-order valence-corrected chi connectivity index (χ0v) is 12.0. The lowest BCUT2D eigenvalue weighted by Crippen LogP contribution is -2.12.